The first kappa shape index (κ1) is 20.3. The second-order valence-corrected chi connectivity index (χ2v) is 9.57. The molecule has 0 bridgehead atoms. The molecule has 1 fully saturated rings. The van der Waals surface area contributed by atoms with E-state index in [0.29, 0.717) is 5.92 Å². The number of pyridine rings is 2. The highest BCUT2D eigenvalue weighted by molar-refractivity contribution is 7.18. The molecule has 160 valence electrons. The number of nitrogens with zero attached hydrogens (tertiary/aromatic N) is 4. The predicted molar refractivity (Wildman–Crippen MR) is 125 cm³/mol. The van der Waals surface area contributed by atoms with Gasteiger partial charge in [0.2, 0.25) is 0 Å². The number of fused-ring (bicyclic) bond motifs is 1. The zero-order valence-corrected chi connectivity index (χ0v) is 18.8. The molecule has 6 heteroatoms. The van der Waals surface area contributed by atoms with E-state index in [-0.39, 0.29) is 0 Å². The van der Waals surface area contributed by atoms with Crippen LogP contribution >= 0.6 is 11.3 Å². The Labute approximate surface area is 187 Å². The lowest BCUT2D eigenvalue weighted by molar-refractivity contribution is 0.0911. The van der Waals surface area contributed by atoms with Crippen molar-refractivity contribution < 1.29 is 4.84 Å². The number of aryl methyl sites for hydroxylation is 2. The second-order valence-electron chi connectivity index (χ2n) is 8.57. The van der Waals surface area contributed by atoms with Gasteiger partial charge in [-0.15, -0.1) is 11.3 Å². The van der Waals surface area contributed by atoms with Crippen LogP contribution in [0.15, 0.2) is 41.8 Å². The highest BCUT2D eigenvalue weighted by atomic mass is 32.1. The van der Waals surface area contributed by atoms with Gasteiger partial charge in [-0.1, -0.05) is 30.5 Å². The Balaban J connectivity index is 1.39. The fourth-order valence-corrected chi connectivity index (χ4v) is 5.57. The van der Waals surface area contributed by atoms with Gasteiger partial charge < -0.3 is 4.84 Å². The Bertz CT molecular complexity index is 1070. The van der Waals surface area contributed by atoms with Crippen LogP contribution < -0.4 is 0 Å². The average molecular weight is 433 g/mol. The van der Waals surface area contributed by atoms with Gasteiger partial charge in [0, 0.05) is 18.0 Å². The fraction of sp³-hybridized carbons (Fsp3) is 0.440. The summed E-state index contributed by atoms with van der Waals surface area (Å²) in [6.45, 7) is 2.79. The molecule has 0 unspecified atom stereocenters. The van der Waals surface area contributed by atoms with Gasteiger partial charge in [-0.3, -0.25) is 4.98 Å². The van der Waals surface area contributed by atoms with E-state index in [2.05, 4.69) is 29.2 Å². The largest absolute Gasteiger partial charge is 0.395 e. The summed E-state index contributed by atoms with van der Waals surface area (Å²) in [5, 5.41) is 5.54. The number of hydrogen-bond donors (Lipinski definition) is 0. The standard InChI is InChI=1S/C25H28N4OS/c1-17-24(31-25(27-17)20-10-6-14-26-15-20)22-13-12-19-9-5-11-21(23(19)28-22)29-30-16-18-7-3-2-4-8-18/h6,10,12-15,18H,2-5,7-9,11,16H2,1H3. The molecule has 1 saturated carbocycles. The number of hydrogen-bond acceptors (Lipinski definition) is 6. The quantitative estimate of drug-likeness (QED) is 0.450. The molecule has 0 aliphatic heterocycles. The van der Waals surface area contributed by atoms with Crippen molar-refractivity contribution in [2.24, 2.45) is 11.1 Å². The normalized spacial score (nSPS) is 18.2. The first-order valence-electron chi connectivity index (χ1n) is 11.4. The zero-order valence-electron chi connectivity index (χ0n) is 18.0. The van der Waals surface area contributed by atoms with Gasteiger partial charge in [0.1, 0.15) is 17.3 Å². The molecule has 2 aliphatic rings. The van der Waals surface area contributed by atoms with E-state index in [4.69, 9.17) is 14.8 Å². The lowest BCUT2D eigenvalue weighted by Crippen LogP contribution is -2.17. The van der Waals surface area contributed by atoms with Gasteiger partial charge in [-0.2, -0.15) is 0 Å². The summed E-state index contributed by atoms with van der Waals surface area (Å²) in [7, 11) is 0. The van der Waals surface area contributed by atoms with E-state index in [9.17, 15) is 0 Å². The van der Waals surface area contributed by atoms with Crippen LogP contribution in [0.4, 0.5) is 0 Å². The van der Waals surface area contributed by atoms with Gasteiger partial charge >= 0.3 is 0 Å². The average Bonchev–Trinajstić information content (AvgIpc) is 3.22. The molecule has 5 rings (SSSR count). The summed E-state index contributed by atoms with van der Waals surface area (Å²) in [5.74, 6) is 0.659. The van der Waals surface area contributed by atoms with Gasteiger partial charge in [-0.25, -0.2) is 9.97 Å². The Morgan fingerprint density at radius 1 is 1.06 bits per heavy atom. The minimum atomic E-state index is 0.659. The molecule has 0 spiro atoms. The van der Waals surface area contributed by atoms with Crippen molar-refractivity contribution >= 4 is 17.0 Å². The van der Waals surface area contributed by atoms with Crippen LogP contribution in [0.5, 0.6) is 0 Å². The second kappa shape index (κ2) is 9.27. The topological polar surface area (TPSA) is 60.3 Å². The highest BCUT2D eigenvalue weighted by Gasteiger charge is 2.21. The zero-order chi connectivity index (χ0) is 21.0. The van der Waals surface area contributed by atoms with E-state index in [1.165, 1.54) is 37.7 Å². The molecule has 3 aromatic rings. The Hall–Kier alpha value is -2.60. The number of thiazole rings is 1. The first-order valence-corrected chi connectivity index (χ1v) is 12.2. The molecule has 0 N–H and O–H groups in total. The maximum absolute atomic E-state index is 5.83. The van der Waals surface area contributed by atoms with Crippen LogP contribution in [0, 0.1) is 12.8 Å². The summed E-state index contributed by atoms with van der Waals surface area (Å²) in [6.07, 6.45) is 13.3. The van der Waals surface area contributed by atoms with Crippen molar-refractivity contribution in [3.63, 3.8) is 0 Å². The fourth-order valence-electron chi connectivity index (χ4n) is 4.54. The third-order valence-corrected chi connectivity index (χ3v) is 7.49. The number of rotatable bonds is 5. The Morgan fingerprint density at radius 2 is 1.97 bits per heavy atom. The van der Waals surface area contributed by atoms with Crippen molar-refractivity contribution in [1.82, 2.24) is 15.0 Å². The monoisotopic (exact) mass is 432 g/mol. The Morgan fingerprint density at radius 3 is 2.81 bits per heavy atom. The van der Waals surface area contributed by atoms with Crippen molar-refractivity contribution in [3.8, 4) is 21.1 Å². The van der Waals surface area contributed by atoms with Crippen LogP contribution in [-0.4, -0.2) is 27.3 Å². The minimum absolute atomic E-state index is 0.659. The van der Waals surface area contributed by atoms with E-state index >= 15 is 0 Å². The van der Waals surface area contributed by atoms with Crippen LogP contribution in [0.1, 0.15) is 61.9 Å². The molecule has 0 amide bonds. The van der Waals surface area contributed by atoms with Gasteiger partial charge in [0.25, 0.3) is 0 Å². The highest BCUT2D eigenvalue weighted by Crippen LogP contribution is 2.35. The maximum atomic E-state index is 5.83. The van der Waals surface area contributed by atoms with Crippen molar-refractivity contribution in [1.29, 1.82) is 0 Å². The van der Waals surface area contributed by atoms with Crippen molar-refractivity contribution in [3.05, 3.63) is 53.6 Å². The molecule has 0 saturated heterocycles. The lowest BCUT2D eigenvalue weighted by Gasteiger charge is -2.21. The summed E-state index contributed by atoms with van der Waals surface area (Å²) >= 11 is 1.67. The molecule has 0 aromatic carbocycles. The Kier molecular flexibility index (Phi) is 6.07. The number of aromatic nitrogens is 3. The van der Waals surface area contributed by atoms with E-state index in [0.717, 1.165) is 64.1 Å². The molecule has 0 atom stereocenters. The molecular formula is C25H28N4OS. The molecule has 3 aromatic heterocycles. The van der Waals surface area contributed by atoms with Crippen LogP contribution in [-0.2, 0) is 11.3 Å². The summed E-state index contributed by atoms with van der Waals surface area (Å²) in [5.41, 5.74) is 6.27. The molecule has 3 heterocycles. The predicted octanol–water partition coefficient (Wildman–Crippen LogP) is 6.21. The van der Waals surface area contributed by atoms with E-state index in [1.807, 2.05) is 18.3 Å². The van der Waals surface area contributed by atoms with Crippen LogP contribution in [0.2, 0.25) is 0 Å². The third-order valence-electron chi connectivity index (χ3n) is 6.26. The molecular weight excluding hydrogens is 404 g/mol. The van der Waals surface area contributed by atoms with Gasteiger partial charge in [-0.05, 0) is 68.7 Å². The summed E-state index contributed by atoms with van der Waals surface area (Å²) in [4.78, 5) is 21.0. The maximum Gasteiger partial charge on any atom is 0.125 e. The van der Waals surface area contributed by atoms with E-state index in [1.54, 1.807) is 17.5 Å². The lowest BCUT2D eigenvalue weighted by atomic mass is 9.90. The molecule has 0 radical (unpaired) electrons. The summed E-state index contributed by atoms with van der Waals surface area (Å²) in [6, 6.07) is 8.32. The summed E-state index contributed by atoms with van der Waals surface area (Å²) < 4.78 is 0. The smallest absolute Gasteiger partial charge is 0.125 e. The van der Waals surface area contributed by atoms with Gasteiger partial charge in [0.05, 0.1) is 22.0 Å². The molecule has 31 heavy (non-hydrogen) atoms. The van der Waals surface area contributed by atoms with Crippen LogP contribution in [0.25, 0.3) is 21.1 Å². The molecule has 2 aliphatic carbocycles. The molecule has 5 nitrogen and oxygen atoms in total. The van der Waals surface area contributed by atoms with Crippen molar-refractivity contribution in [2.45, 2.75) is 58.3 Å². The minimum Gasteiger partial charge on any atom is -0.395 e. The van der Waals surface area contributed by atoms with E-state index < -0.39 is 0 Å². The van der Waals surface area contributed by atoms with Crippen LogP contribution in [0.3, 0.4) is 0 Å². The third kappa shape index (κ3) is 4.54. The first-order chi connectivity index (χ1) is 15.3. The van der Waals surface area contributed by atoms with Crippen molar-refractivity contribution in [2.75, 3.05) is 6.61 Å². The number of oxime groups is 1. The SMILES string of the molecule is Cc1nc(-c2cccnc2)sc1-c1ccc2c(n1)C(=NOCC1CCCCC1)CCC2. The van der Waals surface area contributed by atoms with Gasteiger partial charge in [0.15, 0.2) is 0 Å².